The Kier molecular flexibility index (Phi) is 5.36. The summed E-state index contributed by atoms with van der Waals surface area (Å²) in [5.41, 5.74) is 0.419. The molecule has 2 N–H and O–H groups in total. The molecule has 8 heteroatoms. The molecule has 2 amide bonds. The van der Waals surface area contributed by atoms with Gasteiger partial charge >= 0.3 is 0 Å². The Morgan fingerprint density at radius 2 is 1.96 bits per heavy atom. The van der Waals surface area contributed by atoms with Crippen LogP contribution in [0.5, 0.6) is 11.5 Å². The molecule has 1 saturated heterocycles. The van der Waals surface area contributed by atoms with Gasteiger partial charge in [-0.1, -0.05) is 24.3 Å². The zero-order valence-corrected chi connectivity index (χ0v) is 13.7. The number of methoxy groups -OCH3 is 1. The van der Waals surface area contributed by atoms with Gasteiger partial charge in [-0.25, -0.2) is 0 Å². The summed E-state index contributed by atoms with van der Waals surface area (Å²) in [7, 11) is 1.46. The monoisotopic (exact) mass is 352 g/mol. The maximum absolute atomic E-state index is 11.8. The highest BCUT2D eigenvalue weighted by atomic mass is 35.5. The van der Waals surface area contributed by atoms with Crippen LogP contribution in [0.2, 0.25) is 5.02 Å². The van der Waals surface area contributed by atoms with Gasteiger partial charge in [0.15, 0.2) is 16.6 Å². The average Bonchev–Trinajstić information content (AvgIpc) is 2.49. The number of halogens is 1. The predicted octanol–water partition coefficient (Wildman–Crippen LogP) is 1.83. The van der Waals surface area contributed by atoms with Crippen LogP contribution in [-0.4, -0.2) is 30.6 Å². The number of hydrogen-bond acceptors (Lipinski definition) is 5. The van der Waals surface area contributed by atoms with Crippen molar-refractivity contribution >= 4 is 46.8 Å². The minimum Gasteiger partial charge on any atom is -0.493 e. The first kappa shape index (κ1) is 17.0. The quantitative estimate of drug-likeness (QED) is 0.366. The summed E-state index contributed by atoms with van der Waals surface area (Å²) in [6.45, 7) is 3.82. The van der Waals surface area contributed by atoms with Crippen LogP contribution in [0, 0.1) is 0 Å². The molecule has 0 radical (unpaired) electrons. The second-order valence-electron chi connectivity index (χ2n) is 4.43. The van der Waals surface area contributed by atoms with Crippen molar-refractivity contribution < 1.29 is 19.1 Å². The van der Waals surface area contributed by atoms with Crippen LogP contribution >= 0.6 is 23.8 Å². The number of ether oxygens (including phenoxy) is 2. The summed E-state index contributed by atoms with van der Waals surface area (Å²) in [6.07, 6.45) is 2.96. The fourth-order valence-corrected chi connectivity index (χ4v) is 2.34. The van der Waals surface area contributed by atoms with E-state index in [1.54, 1.807) is 18.2 Å². The Morgan fingerprint density at radius 1 is 1.30 bits per heavy atom. The average molecular weight is 353 g/mol. The van der Waals surface area contributed by atoms with Crippen molar-refractivity contribution in [3.63, 3.8) is 0 Å². The first-order chi connectivity index (χ1) is 11.0. The third-order valence-corrected chi connectivity index (χ3v) is 3.34. The maximum atomic E-state index is 11.8. The number of hydrogen-bond donors (Lipinski definition) is 2. The normalized spacial score (nSPS) is 14.0. The van der Waals surface area contributed by atoms with Crippen molar-refractivity contribution in [3.05, 3.63) is 40.9 Å². The molecule has 23 heavy (non-hydrogen) atoms. The zero-order valence-electron chi connectivity index (χ0n) is 12.1. The molecule has 1 fully saturated rings. The number of nitrogens with one attached hydrogen (secondary N) is 2. The third kappa shape index (κ3) is 3.88. The van der Waals surface area contributed by atoms with Crippen molar-refractivity contribution in [2.45, 2.75) is 0 Å². The lowest BCUT2D eigenvalue weighted by Crippen LogP contribution is -2.51. The Morgan fingerprint density at radius 3 is 2.52 bits per heavy atom. The predicted molar refractivity (Wildman–Crippen MR) is 90.6 cm³/mol. The molecular formula is C15H13ClN2O4S. The van der Waals surface area contributed by atoms with Gasteiger partial charge in [0.1, 0.15) is 12.2 Å². The van der Waals surface area contributed by atoms with Crippen LogP contribution < -0.4 is 20.1 Å². The summed E-state index contributed by atoms with van der Waals surface area (Å²) in [5, 5.41) is 4.97. The maximum Gasteiger partial charge on any atom is 0.263 e. The zero-order chi connectivity index (χ0) is 17.0. The van der Waals surface area contributed by atoms with Crippen molar-refractivity contribution in [2.75, 3.05) is 13.7 Å². The first-order valence-electron chi connectivity index (χ1n) is 6.46. The second kappa shape index (κ2) is 7.26. The van der Waals surface area contributed by atoms with Crippen molar-refractivity contribution in [1.82, 2.24) is 10.6 Å². The largest absolute Gasteiger partial charge is 0.493 e. The summed E-state index contributed by atoms with van der Waals surface area (Å²) in [4.78, 5) is 23.7. The van der Waals surface area contributed by atoms with Gasteiger partial charge in [0.2, 0.25) is 0 Å². The highest BCUT2D eigenvalue weighted by molar-refractivity contribution is 7.80. The van der Waals surface area contributed by atoms with Crippen LogP contribution in [0.4, 0.5) is 0 Å². The number of benzene rings is 1. The van der Waals surface area contributed by atoms with Gasteiger partial charge in [-0.3, -0.25) is 20.2 Å². The Balaban J connectivity index is 2.40. The van der Waals surface area contributed by atoms with Crippen molar-refractivity contribution in [2.24, 2.45) is 0 Å². The van der Waals surface area contributed by atoms with E-state index >= 15 is 0 Å². The number of rotatable bonds is 5. The van der Waals surface area contributed by atoms with E-state index in [4.69, 9.17) is 33.3 Å². The molecule has 1 aromatic rings. The highest BCUT2D eigenvalue weighted by Gasteiger charge is 2.26. The standard InChI is InChI=1S/C15H13ClN2O4S/c1-3-4-22-12-10(16)6-8(7-11(12)21-2)5-9-13(19)17-15(23)18-14(9)20/h3,5-7H,1,4H2,2H3,(H2,17,18,19,20,23). The SMILES string of the molecule is C=CCOc1c(Cl)cc(C=C2C(=O)NC(=S)NC2=O)cc1OC. The molecule has 0 atom stereocenters. The molecule has 1 aliphatic heterocycles. The molecule has 0 aromatic heterocycles. The highest BCUT2D eigenvalue weighted by Crippen LogP contribution is 2.37. The molecule has 1 heterocycles. The van der Waals surface area contributed by atoms with Crippen LogP contribution in [0.15, 0.2) is 30.4 Å². The van der Waals surface area contributed by atoms with E-state index in [1.165, 1.54) is 13.2 Å². The number of carbonyl (C=O) groups is 2. The Labute approximate surface area is 143 Å². The lowest BCUT2D eigenvalue weighted by Gasteiger charge is -2.17. The fraction of sp³-hybridized carbons (Fsp3) is 0.133. The molecule has 0 spiro atoms. The van der Waals surface area contributed by atoms with E-state index in [2.05, 4.69) is 17.2 Å². The van der Waals surface area contributed by atoms with Crippen LogP contribution in [0.25, 0.3) is 6.08 Å². The van der Waals surface area contributed by atoms with E-state index in [1.807, 2.05) is 0 Å². The molecule has 0 unspecified atom stereocenters. The van der Waals surface area contributed by atoms with Gasteiger partial charge in [-0.2, -0.15) is 0 Å². The van der Waals surface area contributed by atoms with Gasteiger partial charge in [0.05, 0.1) is 12.1 Å². The van der Waals surface area contributed by atoms with Crippen molar-refractivity contribution in [1.29, 1.82) is 0 Å². The first-order valence-corrected chi connectivity index (χ1v) is 7.24. The molecule has 2 rings (SSSR count). The summed E-state index contributed by atoms with van der Waals surface area (Å²) in [5.74, 6) is -0.435. The molecule has 0 saturated carbocycles. The van der Waals surface area contributed by atoms with Crippen LogP contribution in [0.1, 0.15) is 5.56 Å². The van der Waals surface area contributed by atoms with Gasteiger partial charge in [-0.15, -0.1) is 0 Å². The Bertz CT molecular complexity index is 708. The van der Waals surface area contributed by atoms with Gasteiger partial charge < -0.3 is 9.47 Å². The van der Waals surface area contributed by atoms with E-state index in [0.29, 0.717) is 17.1 Å². The lowest BCUT2D eigenvalue weighted by atomic mass is 10.1. The van der Waals surface area contributed by atoms with Crippen LogP contribution in [-0.2, 0) is 9.59 Å². The van der Waals surface area contributed by atoms with Crippen molar-refractivity contribution in [3.8, 4) is 11.5 Å². The van der Waals surface area contributed by atoms with E-state index in [9.17, 15) is 9.59 Å². The molecule has 120 valence electrons. The van der Waals surface area contributed by atoms with E-state index < -0.39 is 11.8 Å². The fourth-order valence-electron chi connectivity index (χ4n) is 1.88. The molecule has 6 nitrogen and oxygen atoms in total. The van der Waals surface area contributed by atoms with E-state index in [0.717, 1.165) is 0 Å². The summed E-state index contributed by atoms with van der Waals surface area (Å²) in [6, 6.07) is 3.16. The smallest absolute Gasteiger partial charge is 0.263 e. The minimum atomic E-state index is -0.583. The van der Waals surface area contributed by atoms with E-state index in [-0.39, 0.29) is 22.3 Å². The summed E-state index contributed by atoms with van der Waals surface area (Å²) >= 11 is 10.9. The number of carbonyl (C=O) groups excluding carboxylic acids is 2. The van der Waals surface area contributed by atoms with Gasteiger partial charge in [0, 0.05) is 0 Å². The lowest BCUT2D eigenvalue weighted by molar-refractivity contribution is -0.123. The second-order valence-corrected chi connectivity index (χ2v) is 5.24. The van der Waals surface area contributed by atoms with Crippen LogP contribution in [0.3, 0.4) is 0 Å². The summed E-state index contributed by atoms with van der Waals surface area (Å²) < 4.78 is 10.7. The number of thiocarbonyl (C=S) groups is 1. The molecular weight excluding hydrogens is 340 g/mol. The molecule has 0 aliphatic carbocycles. The topological polar surface area (TPSA) is 76.7 Å². The number of amides is 2. The molecule has 1 aromatic carbocycles. The minimum absolute atomic E-state index is 0.0269. The third-order valence-electron chi connectivity index (χ3n) is 2.85. The Hall–Kier alpha value is -2.38. The van der Waals surface area contributed by atoms with Gasteiger partial charge in [0.25, 0.3) is 11.8 Å². The molecule has 0 bridgehead atoms. The molecule has 1 aliphatic rings. The van der Waals surface area contributed by atoms with Gasteiger partial charge in [-0.05, 0) is 36.0 Å².